The van der Waals surface area contributed by atoms with Gasteiger partial charge in [-0.15, -0.1) is 0 Å². The molecule has 1 aromatic carbocycles. The number of halogens is 2. The average molecular weight is 415 g/mol. The van der Waals surface area contributed by atoms with E-state index >= 15 is 0 Å². The van der Waals surface area contributed by atoms with Crippen molar-refractivity contribution in [2.24, 2.45) is 0 Å². The minimum absolute atomic E-state index is 0.214. The van der Waals surface area contributed by atoms with E-state index in [4.69, 9.17) is 4.74 Å². The van der Waals surface area contributed by atoms with E-state index in [9.17, 15) is 9.50 Å². The van der Waals surface area contributed by atoms with E-state index in [-0.39, 0.29) is 6.10 Å². The van der Waals surface area contributed by atoms with Crippen molar-refractivity contribution in [2.45, 2.75) is 32.0 Å². The number of rotatable bonds is 7. The molecule has 1 heterocycles. The fourth-order valence-corrected chi connectivity index (χ4v) is 2.80. The van der Waals surface area contributed by atoms with Crippen LogP contribution in [0.4, 0.5) is 4.39 Å². The predicted octanol–water partition coefficient (Wildman–Crippen LogP) is 4.28. The smallest absolute Gasteiger partial charge is 0.141 e. The Bertz CT molecular complexity index is 574. The van der Waals surface area contributed by atoms with Crippen LogP contribution in [0.15, 0.2) is 42.6 Å². The molecule has 0 saturated carbocycles. The lowest BCUT2D eigenvalue weighted by Crippen LogP contribution is -2.15. The van der Waals surface area contributed by atoms with Crippen LogP contribution in [-0.2, 0) is 0 Å². The van der Waals surface area contributed by atoms with Gasteiger partial charge < -0.3 is 9.84 Å². The molecular weight excluding hydrogens is 396 g/mol. The van der Waals surface area contributed by atoms with Gasteiger partial charge in [0.05, 0.1) is 18.0 Å². The number of ether oxygens (including phenoxy) is 1. The van der Waals surface area contributed by atoms with Crippen molar-refractivity contribution in [1.82, 2.24) is 4.98 Å². The summed E-state index contributed by atoms with van der Waals surface area (Å²) in [6.45, 7) is 2.11. The number of hydrogen-bond donors (Lipinski definition) is 1. The molecule has 1 aromatic heterocycles. The zero-order valence-corrected chi connectivity index (χ0v) is 14.5. The van der Waals surface area contributed by atoms with Gasteiger partial charge in [0.1, 0.15) is 17.7 Å². The molecule has 2 unspecified atom stereocenters. The number of alkyl halides is 1. The van der Waals surface area contributed by atoms with E-state index in [1.807, 2.05) is 24.3 Å². The minimum Gasteiger partial charge on any atom is -0.490 e. The second-order valence-electron chi connectivity index (χ2n) is 5.00. The monoisotopic (exact) mass is 415 g/mol. The van der Waals surface area contributed by atoms with E-state index in [1.54, 1.807) is 0 Å². The van der Waals surface area contributed by atoms with Gasteiger partial charge in [-0.25, -0.2) is 4.39 Å². The summed E-state index contributed by atoms with van der Waals surface area (Å²) in [5.74, 6) is 0.375. The van der Waals surface area contributed by atoms with Gasteiger partial charge in [0.15, 0.2) is 0 Å². The number of benzene rings is 1. The predicted molar refractivity (Wildman–Crippen MR) is 92.9 cm³/mol. The molecule has 0 amide bonds. The number of aliphatic hydroxyl groups excluding tert-OH is 1. The first-order valence-electron chi connectivity index (χ1n) is 7.26. The summed E-state index contributed by atoms with van der Waals surface area (Å²) in [6, 6.07) is 10.1. The van der Waals surface area contributed by atoms with Gasteiger partial charge in [0.2, 0.25) is 0 Å². The minimum atomic E-state index is -0.869. The molecule has 22 heavy (non-hydrogen) atoms. The molecule has 0 spiro atoms. The van der Waals surface area contributed by atoms with E-state index in [2.05, 4.69) is 34.5 Å². The summed E-state index contributed by atoms with van der Waals surface area (Å²) in [6.07, 6.45) is 2.43. The van der Waals surface area contributed by atoms with Crippen LogP contribution >= 0.6 is 22.6 Å². The highest BCUT2D eigenvalue weighted by Gasteiger charge is 2.13. The van der Waals surface area contributed by atoms with Gasteiger partial charge in [-0.1, -0.05) is 41.6 Å². The van der Waals surface area contributed by atoms with Gasteiger partial charge in [-0.2, -0.15) is 0 Å². The fourth-order valence-electron chi connectivity index (χ4n) is 2.11. The number of hydrogen-bond acceptors (Lipinski definition) is 3. The third-order valence-electron chi connectivity index (χ3n) is 3.42. The molecule has 0 fully saturated rings. The molecule has 0 aliphatic rings. The molecule has 3 nitrogen and oxygen atoms in total. The number of aromatic nitrogens is 1. The highest BCUT2D eigenvalue weighted by molar-refractivity contribution is 14.1. The lowest BCUT2D eigenvalue weighted by Gasteiger charge is -2.17. The highest BCUT2D eigenvalue weighted by atomic mass is 127. The van der Waals surface area contributed by atoms with Crippen LogP contribution in [0.25, 0.3) is 0 Å². The van der Waals surface area contributed by atoms with Crippen molar-refractivity contribution >= 4 is 22.6 Å². The van der Waals surface area contributed by atoms with Crippen molar-refractivity contribution in [2.75, 3.05) is 4.43 Å². The second kappa shape index (κ2) is 8.43. The molecule has 0 aliphatic heterocycles. The SMILES string of the molecule is CCC(CCI)Oc1ccc(C(O)c2ccc(F)cn2)cc1. The summed E-state index contributed by atoms with van der Waals surface area (Å²) in [7, 11) is 0. The van der Waals surface area contributed by atoms with E-state index < -0.39 is 11.9 Å². The van der Waals surface area contributed by atoms with Crippen molar-refractivity contribution in [1.29, 1.82) is 0 Å². The molecule has 2 rings (SSSR count). The van der Waals surface area contributed by atoms with Crippen LogP contribution in [-0.4, -0.2) is 20.6 Å². The molecular formula is C17H19FINO2. The topological polar surface area (TPSA) is 42.4 Å². The number of nitrogens with zero attached hydrogens (tertiary/aromatic N) is 1. The lowest BCUT2D eigenvalue weighted by molar-refractivity contribution is 0.194. The molecule has 0 aliphatic carbocycles. The molecule has 0 radical (unpaired) electrons. The van der Waals surface area contributed by atoms with Crippen LogP contribution < -0.4 is 4.74 Å². The zero-order chi connectivity index (χ0) is 15.9. The Hall–Kier alpha value is -1.21. The van der Waals surface area contributed by atoms with Crippen molar-refractivity contribution in [3.05, 3.63) is 59.7 Å². The quantitative estimate of drug-likeness (QED) is 0.542. The Labute approximate surface area is 143 Å². The molecule has 5 heteroatoms. The van der Waals surface area contributed by atoms with Gasteiger partial charge in [0, 0.05) is 4.43 Å². The van der Waals surface area contributed by atoms with Crippen LogP contribution in [0.1, 0.15) is 37.1 Å². The first kappa shape index (κ1) is 17.1. The Balaban J connectivity index is 2.06. The van der Waals surface area contributed by atoms with Crippen LogP contribution in [0.3, 0.4) is 0 Å². The molecule has 118 valence electrons. The van der Waals surface area contributed by atoms with Gasteiger partial charge in [-0.3, -0.25) is 4.98 Å². The fraction of sp³-hybridized carbons (Fsp3) is 0.353. The summed E-state index contributed by atoms with van der Waals surface area (Å²) < 4.78 is 19.8. The summed E-state index contributed by atoms with van der Waals surface area (Å²) in [5, 5.41) is 10.3. The molecule has 1 N–H and O–H groups in total. The summed E-state index contributed by atoms with van der Waals surface area (Å²) in [4.78, 5) is 3.91. The lowest BCUT2D eigenvalue weighted by atomic mass is 10.1. The maximum absolute atomic E-state index is 12.9. The standard InChI is InChI=1S/C17H19FINO2/c1-2-14(9-10-19)22-15-6-3-12(4-7-15)17(21)16-8-5-13(18)11-20-16/h3-8,11,14,17,21H,2,9-10H2,1H3. The van der Waals surface area contributed by atoms with Crippen LogP contribution in [0.5, 0.6) is 5.75 Å². The maximum atomic E-state index is 12.9. The van der Waals surface area contributed by atoms with Crippen molar-refractivity contribution in [3.8, 4) is 5.75 Å². The van der Waals surface area contributed by atoms with E-state index in [0.717, 1.165) is 29.2 Å². The first-order chi connectivity index (χ1) is 10.6. The van der Waals surface area contributed by atoms with E-state index in [0.29, 0.717) is 11.3 Å². The Kier molecular flexibility index (Phi) is 6.57. The third kappa shape index (κ3) is 4.64. The van der Waals surface area contributed by atoms with Crippen molar-refractivity contribution < 1.29 is 14.2 Å². The Morgan fingerprint density at radius 3 is 2.50 bits per heavy atom. The summed E-state index contributed by atoms with van der Waals surface area (Å²) in [5.41, 5.74) is 1.12. The Morgan fingerprint density at radius 2 is 1.95 bits per heavy atom. The number of pyridine rings is 1. The van der Waals surface area contributed by atoms with Crippen molar-refractivity contribution in [3.63, 3.8) is 0 Å². The molecule has 2 aromatic rings. The molecule has 2 atom stereocenters. The normalized spacial score (nSPS) is 13.6. The molecule has 0 bridgehead atoms. The van der Waals surface area contributed by atoms with E-state index in [1.165, 1.54) is 12.1 Å². The summed E-state index contributed by atoms with van der Waals surface area (Å²) >= 11 is 2.34. The zero-order valence-electron chi connectivity index (χ0n) is 12.4. The number of aliphatic hydroxyl groups is 1. The second-order valence-corrected chi connectivity index (χ2v) is 6.08. The van der Waals surface area contributed by atoms with Gasteiger partial charge in [-0.05, 0) is 42.7 Å². The highest BCUT2D eigenvalue weighted by Crippen LogP contribution is 2.24. The first-order valence-corrected chi connectivity index (χ1v) is 8.78. The van der Waals surface area contributed by atoms with Gasteiger partial charge >= 0.3 is 0 Å². The largest absolute Gasteiger partial charge is 0.490 e. The van der Waals surface area contributed by atoms with Crippen LogP contribution in [0, 0.1) is 5.82 Å². The molecule has 0 saturated heterocycles. The maximum Gasteiger partial charge on any atom is 0.141 e. The Morgan fingerprint density at radius 1 is 1.23 bits per heavy atom. The van der Waals surface area contributed by atoms with Crippen LogP contribution in [0.2, 0.25) is 0 Å². The average Bonchev–Trinajstić information content (AvgIpc) is 2.55. The van der Waals surface area contributed by atoms with Gasteiger partial charge in [0.25, 0.3) is 0 Å². The third-order valence-corrected chi connectivity index (χ3v) is 4.04.